The molecule has 0 atom stereocenters. The maximum atomic E-state index is 4.60. The first-order valence-corrected chi connectivity index (χ1v) is 7.99. The summed E-state index contributed by atoms with van der Waals surface area (Å²) in [6.45, 7) is 0.872. The maximum Gasteiger partial charge on any atom is 0.254 e. The van der Waals surface area contributed by atoms with Crippen molar-refractivity contribution < 1.29 is 0 Å². The van der Waals surface area contributed by atoms with E-state index in [0.717, 1.165) is 23.6 Å². The third-order valence-corrected chi connectivity index (χ3v) is 4.77. The van der Waals surface area contributed by atoms with Gasteiger partial charge in [-0.3, -0.25) is 0 Å². The lowest BCUT2D eigenvalue weighted by Crippen LogP contribution is -2.54. The molecule has 1 aliphatic rings. The standard InChI is InChI=1S/C17H20N6/c1-18-17(8-5-9-17)11-19-15-10-14(13-6-3-2-4-7-13)22-16-20-12-21-23(15)16/h2-4,6-7,10,12,18-19H,5,8-9,11H2,1H3. The molecule has 23 heavy (non-hydrogen) atoms. The number of nitrogens with one attached hydrogen (secondary N) is 2. The molecular formula is C17H20N6. The molecule has 0 aliphatic heterocycles. The van der Waals surface area contributed by atoms with Crippen LogP contribution >= 0.6 is 0 Å². The van der Waals surface area contributed by atoms with Crippen LogP contribution in [-0.4, -0.2) is 38.7 Å². The van der Waals surface area contributed by atoms with Gasteiger partial charge in [0.25, 0.3) is 5.78 Å². The van der Waals surface area contributed by atoms with Crippen molar-refractivity contribution in [1.29, 1.82) is 0 Å². The number of benzene rings is 1. The van der Waals surface area contributed by atoms with E-state index in [1.54, 1.807) is 10.8 Å². The Morgan fingerprint density at radius 1 is 1.22 bits per heavy atom. The second kappa shape index (κ2) is 5.62. The fourth-order valence-electron chi connectivity index (χ4n) is 3.07. The fourth-order valence-corrected chi connectivity index (χ4v) is 3.07. The Balaban J connectivity index is 1.69. The van der Waals surface area contributed by atoms with Crippen LogP contribution in [0.25, 0.3) is 17.0 Å². The Kier molecular flexibility index (Phi) is 3.46. The van der Waals surface area contributed by atoms with Crippen LogP contribution in [0.15, 0.2) is 42.7 Å². The predicted molar refractivity (Wildman–Crippen MR) is 90.3 cm³/mol. The van der Waals surface area contributed by atoms with Crippen molar-refractivity contribution in [2.24, 2.45) is 0 Å². The SMILES string of the molecule is CNC1(CNc2cc(-c3ccccc3)nc3ncnn23)CCC1. The van der Waals surface area contributed by atoms with Crippen molar-refractivity contribution >= 4 is 11.6 Å². The number of fused-ring (bicyclic) bond motifs is 1. The van der Waals surface area contributed by atoms with Crippen molar-refractivity contribution in [1.82, 2.24) is 24.9 Å². The summed E-state index contributed by atoms with van der Waals surface area (Å²) in [7, 11) is 2.04. The molecule has 1 aromatic carbocycles. The number of hydrogen-bond donors (Lipinski definition) is 2. The fraction of sp³-hybridized carbons (Fsp3) is 0.353. The Morgan fingerprint density at radius 2 is 2.04 bits per heavy atom. The molecule has 0 bridgehead atoms. The highest BCUT2D eigenvalue weighted by Gasteiger charge is 2.35. The number of anilines is 1. The molecule has 2 heterocycles. The van der Waals surface area contributed by atoms with Gasteiger partial charge in [0.1, 0.15) is 12.1 Å². The summed E-state index contributed by atoms with van der Waals surface area (Å²) >= 11 is 0. The zero-order valence-corrected chi connectivity index (χ0v) is 13.2. The molecule has 6 nitrogen and oxygen atoms in total. The number of nitrogens with zero attached hydrogens (tertiary/aromatic N) is 4. The Hall–Kier alpha value is -2.47. The van der Waals surface area contributed by atoms with Gasteiger partial charge in [-0.1, -0.05) is 30.3 Å². The molecule has 1 aliphatic carbocycles. The van der Waals surface area contributed by atoms with Crippen molar-refractivity contribution in [3.63, 3.8) is 0 Å². The van der Waals surface area contributed by atoms with Crippen molar-refractivity contribution in [2.75, 3.05) is 18.9 Å². The van der Waals surface area contributed by atoms with E-state index in [1.165, 1.54) is 19.3 Å². The quantitative estimate of drug-likeness (QED) is 0.757. The number of hydrogen-bond acceptors (Lipinski definition) is 5. The van der Waals surface area contributed by atoms with Crippen molar-refractivity contribution in [3.8, 4) is 11.3 Å². The van der Waals surface area contributed by atoms with Crippen molar-refractivity contribution in [2.45, 2.75) is 24.8 Å². The van der Waals surface area contributed by atoms with Crippen LogP contribution in [0.3, 0.4) is 0 Å². The monoisotopic (exact) mass is 308 g/mol. The number of likely N-dealkylation sites (N-methyl/N-ethyl adjacent to an activating group) is 1. The van der Waals surface area contributed by atoms with Gasteiger partial charge in [-0.25, -0.2) is 4.98 Å². The van der Waals surface area contributed by atoms with E-state index < -0.39 is 0 Å². The van der Waals surface area contributed by atoms with Crippen LogP contribution in [0.4, 0.5) is 5.82 Å². The molecule has 1 fully saturated rings. The van der Waals surface area contributed by atoms with Gasteiger partial charge < -0.3 is 10.6 Å². The van der Waals surface area contributed by atoms with Crippen LogP contribution in [0.2, 0.25) is 0 Å². The van der Waals surface area contributed by atoms with Crippen LogP contribution < -0.4 is 10.6 Å². The van der Waals surface area contributed by atoms with Gasteiger partial charge in [-0.05, 0) is 26.3 Å². The first-order valence-electron chi connectivity index (χ1n) is 7.99. The van der Waals surface area contributed by atoms with Gasteiger partial charge in [0.05, 0.1) is 5.69 Å². The van der Waals surface area contributed by atoms with Gasteiger partial charge in [0.2, 0.25) is 0 Å². The van der Waals surface area contributed by atoms with Crippen LogP contribution in [0.1, 0.15) is 19.3 Å². The summed E-state index contributed by atoms with van der Waals surface area (Å²) in [5, 5.41) is 11.3. The second-order valence-electron chi connectivity index (χ2n) is 6.10. The summed E-state index contributed by atoms with van der Waals surface area (Å²) < 4.78 is 1.76. The molecule has 2 aromatic heterocycles. The van der Waals surface area contributed by atoms with E-state index in [-0.39, 0.29) is 5.54 Å². The van der Waals surface area contributed by atoms with Crippen LogP contribution in [-0.2, 0) is 0 Å². The lowest BCUT2D eigenvalue weighted by molar-refractivity contribution is 0.214. The van der Waals surface area contributed by atoms with E-state index in [1.807, 2.05) is 31.3 Å². The Bertz CT molecular complexity index is 801. The molecule has 0 radical (unpaired) electrons. The molecule has 4 rings (SSSR count). The van der Waals surface area contributed by atoms with Crippen LogP contribution in [0.5, 0.6) is 0 Å². The summed E-state index contributed by atoms with van der Waals surface area (Å²) in [4.78, 5) is 8.85. The predicted octanol–water partition coefficient (Wildman–Crippen LogP) is 2.35. The maximum absolute atomic E-state index is 4.60. The Labute approximate surface area is 135 Å². The average molecular weight is 308 g/mol. The lowest BCUT2D eigenvalue weighted by atomic mass is 9.77. The van der Waals surface area contributed by atoms with Gasteiger partial charge >= 0.3 is 0 Å². The summed E-state index contributed by atoms with van der Waals surface area (Å²) in [6, 6.07) is 12.2. The minimum absolute atomic E-state index is 0.198. The average Bonchev–Trinajstić information content (AvgIpc) is 3.03. The zero-order chi connectivity index (χ0) is 15.7. The van der Waals surface area contributed by atoms with E-state index in [4.69, 9.17) is 0 Å². The molecule has 0 saturated heterocycles. The van der Waals surface area contributed by atoms with E-state index in [9.17, 15) is 0 Å². The highest BCUT2D eigenvalue weighted by molar-refractivity contribution is 5.65. The topological polar surface area (TPSA) is 67.1 Å². The molecule has 118 valence electrons. The van der Waals surface area contributed by atoms with Gasteiger partial charge in [-0.15, -0.1) is 0 Å². The molecule has 0 spiro atoms. The molecule has 0 unspecified atom stereocenters. The first kappa shape index (κ1) is 14.1. The molecule has 6 heteroatoms. The van der Waals surface area contributed by atoms with E-state index in [0.29, 0.717) is 5.78 Å². The third-order valence-electron chi connectivity index (χ3n) is 4.77. The first-order chi connectivity index (χ1) is 11.3. The highest BCUT2D eigenvalue weighted by Crippen LogP contribution is 2.32. The van der Waals surface area contributed by atoms with E-state index in [2.05, 4.69) is 37.8 Å². The molecular weight excluding hydrogens is 288 g/mol. The molecule has 1 saturated carbocycles. The minimum Gasteiger partial charge on any atom is -0.368 e. The number of aromatic nitrogens is 4. The van der Waals surface area contributed by atoms with Crippen molar-refractivity contribution in [3.05, 3.63) is 42.7 Å². The van der Waals surface area contributed by atoms with Crippen LogP contribution in [0, 0.1) is 0 Å². The summed E-state index contributed by atoms with van der Waals surface area (Å²) in [5.74, 6) is 1.54. The molecule has 3 aromatic rings. The normalized spacial score (nSPS) is 16.2. The van der Waals surface area contributed by atoms with Gasteiger partial charge in [0.15, 0.2) is 0 Å². The van der Waals surface area contributed by atoms with Gasteiger partial charge in [-0.2, -0.15) is 14.6 Å². The minimum atomic E-state index is 0.198. The Morgan fingerprint density at radius 3 is 2.74 bits per heavy atom. The lowest BCUT2D eigenvalue weighted by Gasteiger charge is -2.42. The molecule has 2 N–H and O–H groups in total. The van der Waals surface area contributed by atoms with Gasteiger partial charge in [0, 0.05) is 23.7 Å². The largest absolute Gasteiger partial charge is 0.368 e. The zero-order valence-electron chi connectivity index (χ0n) is 13.2. The highest BCUT2D eigenvalue weighted by atomic mass is 15.4. The second-order valence-corrected chi connectivity index (χ2v) is 6.10. The smallest absolute Gasteiger partial charge is 0.254 e. The molecule has 0 amide bonds. The summed E-state index contributed by atoms with van der Waals surface area (Å²) in [5.41, 5.74) is 2.18. The van der Waals surface area contributed by atoms with E-state index >= 15 is 0 Å². The summed E-state index contributed by atoms with van der Waals surface area (Å²) in [6.07, 6.45) is 5.23. The number of rotatable bonds is 5. The third kappa shape index (κ3) is 2.55.